The number of carbonyl (C=O) groups excluding carboxylic acids is 1. The number of benzene rings is 2. The number of hydrogen-bond acceptors (Lipinski definition) is 5. The van der Waals surface area contributed by atoms with Gasteiger partial charge >= 0.3 is 0 Å². The fraction of sp³-hybridized carbons (Fsp3) is 0.435. The van der Waals surface area contributed by atoms with Crippen LogP contribution in [0.25, 0.3) is 0 Å². The third kappa shape index (κ3) is 6.39. The van der Waals surface area contributed by atoms with E-state index in [4.69, 9.17) is 4.74 Å². The average Bonchev–Trinajstić information content (AvgIpc) is 2.78. The number of hydrogen-bond donors (Lipinski definition) is 1. The monoisotopic (exact) mass is 396 g/mol. The quantitative estimate of drug-likeness (QED) is 0.660. The SMILES string of the molecule is COc1ccc(N2CCN(CC(=O)NCCCN(C)c3ccccc3)CC2)cc1. The van der Waals surface area contributed by atoms with Gasteiger partial charge in [-0.25, -0.2) is 0 Å². The van der Waals surface area contributed by atoms with Crippen molar-refractivity contribution in [3.63, 3.8) is 0 Å². The Morgan fingerprint density at radius 1 is 1.03 bits per heavy atom. The van der Waals surface area contributed by atoms with Crippen LogP contribution in [0.15, 0.2) is 54.6 Å². The molecule has 156 valence electrons. The van der Waals surface area contributed by atoms with Crippen molar-refractivity contribution in [3.05, 3.63) is 54.6 Å². The standard InChI is InChI=1S/C23H32N4O2/c1-25(20-7-4-3-5-8-20)14-6-13-24-23(28)19-26-15-17-27(18-16-26)21-9-11-22(29-2)12-10-21/h3-5,7-12H,6,13-19H2,1-2H3,(H,24,28). The van der Waals surface area contributed by atoms with Crippen LogP contribution in [-0.2, 0) is 4.79 Å². The minimum atomic E-state index is 0.116. The van der Waals surface area contributed by atoms with E-state index >= 15 is 0 Å². The molecule has 2 aromatic carbocycles. The normalized spacial score (nSPS) is 14.5. The Morgan fingerprint density at radius 3 is 2.38 bits per heavy atom. The lowest BCUT2D eigenvalue weighted by Crippen LogP contribution is -2.49. The zero-order chi connectivity index (χ0) is 20.5. The van der Waals surface area contributed by atoms with Crippen molar-refractivity contribution in [2.24, 2.45) is 0 Å². The van der Waals surface area contributed by atoms with E-state index in [1.54, 1.807) is 7.11 Å². The summed E-state index contributed by atoms with van der Waals surface area (Å²) in [6.07, 6.45) is 0.933. The summed E-state index contributed by atoms with van der Waals surface area (Å²) in [5.41, 5.74) is 2.41. The number of carbonyl (C=O) groups is 1. The van der Waals surface area contributed by atoms with Crippen molar-refractivity contribution in [2.75, 3.05) is 69.8 Å². The van der Waals surface area contributed by atoms with Gasteiger partial charge in [0.15, 0.2) is 0 Å². The van der Waals surface area contributed by atoms with Gasteiger partial charge in [0.25, 0.3) is 0 Å². The van der Waals surface area contributed by atoms with Crippen LogP contribution in [0, 0.1) is 0 Å². The summed E-state index contributed by atoms with van der Waals surface area (Å²) < 4.78 is 5.22. The first-order chi connectivity index (χ1) is 14.2. The van der Waals surface area contributed by atoms with Crippen LogP contribution >= 0.6 is 0 Å². The van der Waals surface area contributed by atoms with Crippen LogP contribution in [0.3, 0.4) is 0 Å². The largest absolute Gasteiger partial charge is 0.497 e. The van der Waals surface area contributed by atoms with E-state index in [9.17, 15) is 4.79 Å². The lowest BCUT2D eigenvalue weighted by atomic mass is 10.2. The number of rotatable bonds is 9. The summed E-state index contributed by atoms with van der Waals surface area (Å²) in [7, 11) is 3.76. The van der Waals surface area contributed by atoms with E-state index in [1.807, 2.05) is 30.3 Å². The van der Waals surface area contributed by atoms with Gasteiger partial charge in [-0.05, 0) is 42.8 Å². The molecule has 1 saturated heterocycles. The van der Waals surface area contributed by atoms with Gasteiger partial charge in [0.1, 0.15) is 5.75 Å². The number of ether oxygens (including phenoxy) is 1. The zero-order valence-electron chi connectivity index (χ0n) is 17.5. The molecule has 0 saturated carbocycles. The van der Waals surface area contributed by atoms with Crippen LogP contribution in [-0.4, -0.2) is 70.8 Å². The molecule has 0 spiro atoms. The van der Waals surface area contributed by atoms with Gasteiger partial charge < -0.3 is 19.9 Å². The highest BCUT2D eigenvalue weighted by atomic mass is 16.5. The molecule has 1 aliphatic heterocycles. The third-order valence-electron chi connectivity index (χ3n) is 5.37. The molecule has 1 heterocycles. The summed E-state index contributed by atoms with van der Waals surface area (Å²) in [4.78, 5) is 19.0. The molecule has 1 amide bonds. The maximum Gasteiger partial charge on any atom is 0.234 e. The summed E-state index contributed by atoms with van der Waals surface area (Å²) >= 11 is 0. The molecule has 0 bridgehead atoms. The Balaban J connectivity index is 1.31. The molecule has 1 aliphatic rings. The van der Waals surface area contributed by atoms with Crippen molar-refractivity contribution in [1.82, 2.24) is 10.2 Å². The highest BCUT2D eigenvalue weighted by Gasteiger charge is 2.19. The van der Waals surface area contributed by atoms with Gasteiger partial charge in [-0.2, -0.15) is 0 Å². The highest BCUT2D eigenvalue weighted by Crippen LogP contribution is 2.20. The maximum absolute atomic E-state index is 12.3. The number of amides is 1. The molecule has 0 unspecified atom stereocenters. The molecular weight excluding hydrogens is 364 g/mol. The van der Waals surface area contributed by atoms with Gasteiger partial charge in [-0.3, -0.25) is 9.69 Å². The Hall–Kier alpha value is -2.73. The lowest BCUT2D eigenvalue weighted by molar-refractivity contribution is -0.122. The fourth-order valence-electron chi connectivity index (χ4n) is 3.57. The predicted octanol–water partition coefficient (Wildman–Crippen LogP) is 2.46. The van der Waals surface area contributed by atoms with Gasteiger partial charge in [0.05, 0.1) is 13.7 Å². The predicted molar refractivity (Wildman–Crippen MR) is 119 cm³/mol. The highest BCUT2D eigenvalue weighted by molar-refractivity contribution is 5.78. The average molecular weight is 397 g/mol. The van der Waals surface area contributed by atoms with Crippen LogP contribution in [0.1, 0.15) is 6.42 Å². The smallest absolute Gasteiger partial charge is 0.234 e. The number of nitrogens with one attached hydrogen (secondary N) is 1. The van der Waals surface area contributed by atoms with E-state index in [-0.39, 0.29) is 5.91 Å². The van der Waals surface area contributed by atoms with Crippen molar-refractivity contribution in [1.29, 1.82) is 0 Å². The number of anilines is 2. The van der Waals surface area contributed by atoms with Crippen LogP contribution in [0.2, 0.25) is 0 Å². The molecule has 6 nitrogen and oxygen atoms in total. The molecule has 6 heteroatoms. The minimum absolute atomic E-state index is 0.116. The first kappa shape index (κ1) is 21.0. The Labute approximate surface area is 174 Å². The molecule has 0 radical (unpaired) electrons. The third-order valence-corrected chi connectivity index (χ3v) is 5.37. The van der Waals surface area contributed by atoms with Gasteiger partial charge in [0, 0.05) is 57.7 Å². The minimum Gasteiger partial charge on any atom is -0.497 e. The van der Waals surface area contributed by atoms with Crippen LogP contribution in [0.4, 0.5) is 11.4 Å². The Bertz CT molecular complexity index is 743. The number of para-hydroxylation sites is 1. The summed E-state index contributed by atoms with van der Waals surface area (Å²) in [5, 5.41) is 3.06. The lowest BCUT2D eigenvalue weighted by Gasteiger charge is -2.35. The van der Waals surface area contributed by atoms with Crippen LogP contribution in [0.5, 0.6) is 5.75 Å². The van der Waals surface area contributed by atoms with E-state index in [1.165, 1.54) is 11.4 Å². The Kier molecular flexibility index (Phi) is 7.76. The van der Waals surface area contributed by atoms with Gasteiger partial charge in [0.2, 0.25) is 5.91 Å². The molecule has 3 rings (SSSR count). The molecule has 0 aromatic heterocycles. The maximum atomic E-state index is 12.3. The number of nitrogens with zero attached hydrogens (tertiary/aromatic N) is 3. The van der Waals surface area contributed by atoms with Crippen molar-refractivity contribution in [3.8, 4) is 5.75 Å². The van der Waals surface area contributed by atoms with Crippen molar-refractivity contribution >= 4 is 17.3 Å². The molecule has 29 heavy (non-hydrogen) atoms. The molecular formula is C23H32N4O2. The molecule has 1 N–H and O–H groups in total. The fourth-order valence-corrected chi connectivity index (χ4v) is 3.57. The molecule has 0 atom stereocenters. The second-order valence-corrected chi connectivity index (χ2v) is 7.42. The molecule has 2 aromatic rings. The van der Waals surface area contributed by atoms with Crippen molar-refractivity contribution in [2.45, 2.75) is 6.42 Å². The van der Waals surface area contributed by atoms with Gasteiger partial charge in [-0.15, -0.1) is 0 Å². The zero-order valence-corrected chi connectivity index (χ0v) is 17.5. The number of methoxy groups -OCH3 is 1. The first-order valence-corrected chi connectivity index (χ1v) is 10.3. The second-order valence-electron chi connectivity index (χ2n) is 7.42. The van der Waals surface area contributed by atoms with E-state index in [2.05, 4.69) is 51.3 Å². The second kappa shape index (κ2) is 10.7. The topological polar surface area (TPSA) is 48.1 Å². The first-order valence-electron chi connectivity index (χ1n) is 10.3. The summed E-state index contributed by atoms with van der Waals surface area (Å²) in [6, 6.07) is 18.5. The number of piperazine rings is 1. The summed E-state index contributed by atoms with van der Waals surface area (Å²) in [6.45, 7) is 5.77. The van der Waals surface area contributed by atoms with E-state index in [0.717, 1.165) is 44.9 Å². The van der Waals surface area contributed by atoms with Crippen molar-refractivity contribution < 1.29 is 9.53 Å². The Morgan fingerprint density at radius 2 is 1.72 bits per heavy atom. The molecule has 0 aliphatic carbocycles. The molecule has 1 fully saturated rings. The van der Waals surface area contributed by atoms with Crippen LogP contribution < -0.4 is 19.9 Å². The van der Waals surface area contributed by atoms with E-state index < -0.39 is 0 Å². The van der Waals surface area contributed by atoms with E-state index in [0.29, 0.717) is 13.1 Å². The van der Waals surface area contributed by atoms with Gasteiger partial charge in [-0.1, -0.05) is 18.2 Å². The summed E-state index contributed by atoms with van der Waals surface area (Å²) in [5.74, 6) is 0.990.